The van der Waals surface area contributed by atoms with Crippen LogP contribution in [0.1, 0.15) is 45.9 Å². The molecule has 1 aromatic heterocycles. The summed E-state index contributed by atoms with van der Waals surface area (Å²) in [7, 11) is -1.90. The fourth-order valence-corrected chi connectivity index (χ4v) is 3.86. The van der Waals surface area contributed by atoms with Crippen molar-refractivity contribution in [1.82, 2.24) is 9.55 Å². The summed E-state index contributed by atoms with van der Waals surface area (Å²) >= 11 is 0. The summed E-state index contributed by atoms with van der Waals surface area (Å²) in [6.45, 7) is 14.7. The number of aromatic nitrogens is 2. The molecule has 0 aromatic carbocycles. The minimum Gasteiger partial charge on any atom is -0.411 e. The third-order valence-electron chi connectivity index (χ3n) is 5.04. The second kappa shape index (κ2) is 6.03. The van der Waals surface area contributed by atoms with Crippen LogP contribution in [0.4, 0.5) is 0 Å². The minimum absolute atomic E-state index is 0.0416. The molecule has 0 saturated carbocycles. The molecule has 2 rings (SSSR count). The lowest BCUT2D eigenvalue weighted by molar-refractivity contribution is -0.00834. The topological polar surface area (TPSA) is 73.3 Å². The second-order valence-corrected chi connectivity index (χ2v) is 12.7. The number of H-pyrrole nitrogens is 1. The Morgan fingerprint density at radius 2 is 1.96 bits per heavy atom. The molecule has 1 saturated heterocycles. The summed E-state index contributed by atoms with van der Waals surface area (Å²) in [4.78, 5) is 25.9. The fourth-order valence-electron chi connectivity index (χ4n) is 2.46. The molecule has 0 aliphatic carbocycles. The average molecular weight is 340 g/mol. The number of aromatic amines is 1. The van der Waals surface area contributed by atoms with E-state index in [0.29, 0.717) is 12.0 Å². The quantitative estimate of drug-likeness (QED) is 0.858. The van der Waals surface area contributed by atoms with E-state index < -0.39 is 20.2 Å². The van der Waals surface area contributed by atoms with E-state index in [0.717, 1.165) is 0 Å². The molecular formula is C16H28N2O4Si. The Morgan fingerprint density at radius 3 is 2.52 bits per heavy atom. The first-order valence-corrected chi connectivity index (χ1v) is 11.0. The van der Waals surface area contributed by atoms with Crippen LogP contribution in [0.2, 0.25) is 18.1 Å². The van der Waals surface area contributed by atoms with Gasteiger partial charge in [0.15, 0.2) is 8.32 Å². The van der Waals surface area contributed by atoms with Crippen molar-refractivity contribution < 1.29 is 9.16 Å². The van der Waals surface area contributed by atoms with Crippen LogP contribution in [0.25, 0.3) is 0 Å². The first-order chi connectivity index (χ1) is 10.4. The van der Waals surface area contributed by atoms with Crippen molar-refractivity contribution in [3.05, 3.63) is 32.6 Å². The zero-order chi connectivity index (χ0) is 17.6. The van der Waals surface area contributed by atoms with Crippen molar-refractivity contribution in [2.75, 3.05) is 0 Å². The number of hydrogen-bond donors (Lipinski definition) is 1. The molecule has 2 heterocycles. The average Bonchev–Trinajstić information content (AvgIpc) is 2.73. The van der Waals surface area contributed by atoms with E-state index in [4.69, 9.17) is 9.16 Å². The summed E-state index contributed by atoms with van der Waals surface area (Å²) in [6, 6.07) is 0. The summed E-state index contributed by atoms with van der Waals surface area (Å²) < 4.78 is 13.8. The van der Waals surface area contributed by atoms with Crippen molar-refractivity contribution in [1.29, 1.82) is 0 Å². The standard InChI is InChI=1S/C16H28N2O4Si/c1-10-9-18(15(20)17-14(10)19)13-8-12(11(2)21-13)22-23(6,7)16(3,4)5/h9,11-13H,8H2,1-7H3,(H,17,19,20)/t11-,12?,13-/m1/s1. The number of nitrogens with one attached hydrogen (secondary N) is 1. The number of ether oxygens (including phenoxy) is 1. The molecule has 0 radical (unpaired) electrons. The fraction of sp³-hybridized carbons (Fsp3) is 0.750. The van der Waals surface area contributed by atoms with Crippen molar-refractivity contribution in [2.45, 2.75) is 77.6 Å². The van der Waals surface area contributed by atoms with Crippen LogP contribution in [0, 0.1) is 6.92 Å². The largest absolute Gasteiger partial charge is 0.411 e. The third-order valence-corrected chi connectivity index (χ3v) is 9.54. The third kappa shape index (κ3) is 3.67. The highest BCUT2D eigenvalue weighted by Crippen LogP contribution is 2.40. The molecular weight excluding hydrogens is 312 g/mol. The SMILES string of the molecule is Cc1cn([C@H]2CC(O[Si](C)(C)C(C)(C)C)[C@@H](C)O2)c(=O)[nH]c1=O. The van der Waals surface area contributed by atoms with E-state index in [-0.39, 0.29) is 22.8 Å². The van der Waals surface area contributed by atoms with Gasteiger partial charge in [0, 0.05) is 18.2 Å². The van der Waals surface area contributed by atoms with Crippen LogP contribution >= 0.6 is 0 Å². The normalized spacial score (nSPS) is 25.8. The summed E-state index contributed by atoms with van der Waals surface area (Å²) in [5.41, 5.74) is -0.299. The summed E-state index contributed by atoms with van der Waals surface area (Å²) in [5, 5.41) is 0.121. The van der Waals surface area contributed by atoms with Gasteiger partial charge >= 0.3 is 5.69 Å². The Bertz CT molecular complexity index is 687. The molecule has 1 fully saturated rings. The van der Waals surface area contributed by atoms with Crippen LogP contribution in [0.3, 0.4) is 0 Å². The molecule has 0 spiro atoms. The van der Waals surface area contributed by atoms with Crippen LogP contribution in [0.15, 0.2) is 15.8 Å². The lowest BCUT2D eigenvalue weighted by Crippen LogP contribution is -2.45. The van der Waals surface area contributed by atoms with Crippen LogP contribution in [0.5, 0.6) is 0 Å². The lowest BCUT2D eigenvalue weighted by atomic mass is 10.2. The summed E-state index contributed by atoms with van der Waals surface area (Å²) in [6.07, 6.45) is 1.64. The molecule has 7 heteroatoms. The Kier molecular flexibility index (Phi) is 4.76. The monoisotopic (exact) mass is 340 g/mol. The number of hydrogen-bond acceptors (Lipinski definition) is 4. The van der Waals surface area contributed by atoms with Crippen molar-refractivity contribution >= 4 is 8.32 Å². The maximum Gasteiger partial charge on any atom is 0.330 e. The molecule has 0 amide bonds. The highest BCUT2D eigenvalue weighted by molar-refractivity contribution is 6.74. The van der Waals surface area contributed by atoms with Crippen molar-refractivity contribution in [3.8, 4) is 0 Å². The number of nitrogens with zero attached hydrogens (tertiary/aromatic N) is 1. The molecule has 130 valence electrons. The van der Waals surface area contributed by atoms with E-state index in [1.807, 2.05) is 6.92 Å². The Morgan fingerprint density at radius 1 is 1.35 bits per heavy atom. The zero-order valence-corrected chi connectivity index (χ0v) is 16.1. The highest BCUT2D eigenvalue weighted by Gasteiger charge is 2.43. The number of rotatable bonds is 3. The predicted molar refractivity (Wildman–Crippen MR) is 92.3 cm³/mol. The van der Waals surface area contributed by atoms with Gasteiger partial charge in [0.05, 0.1) is 12.2 Å². The molecule has 23 heavy (non-hydrogen) atoms. The van der Waals surface area contributed by atoms with Gasteiger partial charge in [-0.25, -0.2) is 4.79 Å². The van der Waals surface area contributed by atoms with Crippen molar-refractivity contribution in [3.63, 3.8) is 0 Å². The van der Waals surface area contributed by atoms with Gasteiger partial charge in [-0.05, 0) is 32.0 Å². The zero-order valence-electron chi connectivity index (χ0n) is 15.1. The van der Waals surface area contributed by atoms with Gasteiger partial charge in [-0.3, -0.25) is 14.3 Å². The first-order valence-electron chi connectivity index (χ1n) is 8.08. The molecule has 0 bridgehead atoms. The Balaban J connectivity index is 2.21. The molecule has 1 N–H and O–H groups in total. The minimum atomic E-state index is -1.90. The number of aryl methyl sites for hydroxylation is 1. The highest BCUT2D eigenvalue weighted by atomic mass is 28.4. The van der Waals surface area contributed by atoms with Crippen LogP contribution in [-0.2, 0) is 9.16 Å². The molecule has 1 aliphatic rings. The van der Waals surface area contributed by atoms with Gasteiger partial charge < -0.3 is 9.16 Å². The molecule has 1 aromatic rings. The van der Waals surface area contributed by atoms with Crippen LogP contribution in [-0.4, -0.2) is 30.1 Å². The van der Waals surface area contributed by atoms with E-state index in [1.54, 1.807) is 13.1 Å². The van der Waals surface area contributed by atoms with Gasteiger partial charge in [0.1, 0.15) is 6.23 Å². The second-order valence-electron chi connectivity index (χ2n) is 7.93. The predicted octanol–water partition coefficient (Wildman–Crippen LogP) is 2.54. The van der Waals surface area contributed by atoms with E-state index in [1.165, 1.54) is 4.57 Å². The van der Waals surface area contributed by atoms with E-state index in [9.17, 15) is 9.59 Å². The Labute approximate surface area is 138 Å². The van der Waals surface area contributed by atoms with Gasteiger partial charge in [0.2, 0.25) is 0 Å². The maximum atomic E-state index is 12.0. The molecule has 6 nitrogen and oxygen atoms in total. The Hall–Kier alpha value is -1.18. The molecule has 3 atom stereocenters. The lowest BCUT2D eigenvalue weighted by Gasteiger charge is -2.39. The smallest absolute Gasteiger partial charge is 0.330 e. The van der Waals surface area contributed by atoms with Gasteiger partial charge in [0.25, 0.3) is 5.56 Å². The summed E-state index contributed by atoms with van der Waals surface area (Å²) in [5.74, 6) is 0. The molecule has 1 aliphatic heterocycles. The van der Waals surface area contributed by atoms with Gasteiger partial charge in [-0.2, -0.15) is 0 Å². The van der Waals surface area contributed by atoms with E-state index in [2.05, 4.69) is 38.8 Å². The van der Waals surface area contributed by atoms with Gasteiger partial charge in [-0.15, -0.1) is 0 Å². The van der Waals surface area contributed by atoms with Gasteiger partial charge in [-0.1, -0.05) is 20.8 Å². The molecule has 1 unspecified atom stereocenters. The van der Waals surface area contributed by atoms with E-state index >= 15 is 0 Å². The first kappa shape index (κ1) is 18.2. The maximum absolute atomic E-state index is 12.0. The van der Waals surface area contributed by atoms with Crippen molar-refractivity contribution in [2.24, 2.45) is 0 Å². The van der Waals surface area contributed by atoms with Crippen LogP contribution < -0.4 is 11.2 Å².